The maximum Gasteiger partial charge on any atom is 0.335 e. The first-order chi connectivity index (χ1) is 38.5. The quantitative estimate of drug-likeness (QED) is 0.0513. The van der Waals surface area contributed by atoms with Crippen LogP contribution in [0.25, 0.3) is 0 Å². The average Bonchev–Trinajstić information content (AvgIpc) is 4.09. The zero-order valence-electron chi connectivity index (χ0n) is 44.6. The zero-order valence-corrected chi connectivity index (χ0v) is 46.1. The number of rotatable bonds is 17. The van der Waals surface area contributed by atoms with Crippen LogP contribution in [0.3, 0.4) is 0 Å². The minimum atomic E-state index is -1.15. The van der Waals surface area contributed by atoms with Crippen LogP contribution in [0.4, 0.5) is 36.7 Å². The van der Waals surface area contributed by atoms with Crippen molar-refractivity contribution in [3.8, 4) is 11.5 Å². The number of carbonyl (C=O) groups excluding carboxylic acids is 4. The molecule has 2 heterocycles. The zero-order chi connectivity index (χ0) is 56.9. The molecule has 20 heteroatoms. The predicted octanol–water partition coefficient (Wildman–Crippen LogP) is 11.9. The molecule has 5 aromatic carbocycles. The molecule has 2 unspecified atom stereocenters. The van der Waals surface area contributed by atoms with Crippen LogP contribution in [0, 0.1) is 18.8 Å². The van der Waals surface area contributed by atoms with Gasteiger partial charge >= 0.3 is 24.0 Å². The van der Waals surface area contributed by atoms with Gasteiger partial charge in [-0.25, -0.2) is 18.8 Å². The van der Waals surface area contributed by atoms with Gasteiger partial charge in [-0.3, -0.25) is 14.4 Å². The van der Waals surface area contributed by atoms with Crippen molar-refractivity contribution in [2.45, 2.75) is 114 Å². The van der Waals surface area contributed by atoms with Crippen molar-refractivity contribution in [1.82, 2.24) is 9.80 Å². The van der Waals surface area contributed by atoms with E-state index >= 15 is 0 Å². The molecular weight excluding hydrogens is 1070 g/mol. The van der Waals surface area contributed by atoms with Crippen molar-refractivity contribution in [1.29, 1.82) is 0 Å². The van der Waals surface area contributed by atoms with Gasteiger partial charge in [-0.15, -0.1) is 0 Å². The fourth-order valence-electron chi connectivity index (χ4n) is 11.2. The minimum Gasteiger partial charge on any atom is -0.495 e. The summed E-state index contributed by atoms with van der Waals surface area (Å²) < 4.78 is 31.8. The largest absolute Gasteiger partial charge is 0.495 e. The number of aryl methyl sites for hydroxylation is 1. The van der Waals surface area contributed by atoms with E-state index < -0.39 is 36.2 Å². The number of aromatic carboxylic acids is 1. The Morgan fingerprint density at radius 3 is 1.85 bits per heavy atom. The van der Waals surface area contributed by atoms with Gasteiger partial charge in [0.05, 0.1) is 89.9 Å². The second-order valence-electron chi connectivity index (χ2n) is 20.8. The SMILES string of the molecule is COc1cc(CC(=O)N2C3CCCCC3C[C@H]2COC2CCC(C(=O)O)CC2)ccc1NC(=O)Nc1ccccc1Cl.Cc1cc(CC(=O)N2C[C@@H](F)C[C@H]2COc2ccc(C(=O)O)cc2)ccc1NC(=O)Nc1ccccc1Cl. The number of carbonyl (C=O) groups is 6. The Labute approximate surface area is 474 Å². The molecule has 80 heavy (non-hydrogen) atoms. The number of carboxylic acids is 2. The molecule has 6 amide bonds. The van der Waals surface area contributed by atoms with Gasteiger partial charge in [0, 0.05) is 18.2 Å². The molecule has 424 valence electrons. The molecule has 0 aromatic heterocycles. The van der Waals surface area contributed by atoms with E-state index in [4.69, 9.17) is 42.5 Å². The fourth-order valence-corrected chi connectivity index (χ4v) is 11.5. The number of amides is 6. The number of benzene rings is 5. The number of anilines is 4. The highest BCUT2D eigenvalue weighted by Gasteiger charge is 2.45. The lowest BCUT2D eigenvalue weighted by Gasteiger charge is -2.35. The number of alkyl halides is 1. The van der Waals surface area contributed by atoms with Crippen molar-refractivity contribution >= 4 is 81.8 Å². The highest BCUT2D eigenvalue weighted by Crippen LogP contribution is 2.41. The van der Waals surface area contributed by atoms with Gasteiger partial charge < -0.3 is 55.5 Å². The number of likely N-dealkylation sites (tertiary alicyclic amines) is 2. The Hall–Kier alpha value is -7.41. The Kier molecular flexibility index (Phi) is 20.3. The molecule has 0 bridgehead atoms. The van der Waals surface area contributed by atoms with E-state index in [-0.39, 0.29) is 73.9 Å². The lowest BCUT2D eigenvalue weighted by molar-refractivity contribution is -0.144. The molecule has 2 saturated heterocycles. The van der Waals surface area contributed by atoms with Crippen LogP contribution in [-0.2, 0) is 32.0 Å². The van der Waals surface area contributed by atoms with Crippen LogP contribution in [0.2, 0.25) is 10.0 Å². The molecule has 5 aromatic rings. The molecule has 5 atom stereocenters. The van der Waals surface area contributed by atoms with Crippen molar-refractivity contribution < 1.29 is 57.6 Å². The molecule has 4 aliphatic rings. The second kappa shape index (κ2) is 27.6. The summed E-state index contributed by atoms with van der Waals surface area (Å²) >= 11 is 12.2. The normalized spacial score (nSPS) is 21.2. The Bertz CT molecular complexity index is 3020. The van der Waals surface area contributed by atoms with Crippen molar-refractivity contribution in [3.63, 3.8) is 0 Å². The molecule has 17 nitrogen and oxygen atoms in total. The third-order valence-corrected chi connectivity index (χ3v) is 15.9. The number of carboxylic acid groups (broad SMARTS) is 2. The van der Waals surface area contributed by atoms with Gasteiger partial charge in [-0.05, 0) is 141 Å². The van der Waals surface area contributed by atoms with E-state index in [9.17, 15) is 38.3 Å². The maximum atomic E-state index is 14.2. The van der Waals surface area contributed by atoms with E-state index in [0.29, 0.717) is 69.7 Å². The van der Waals surface area contributed by atoms with E-state index in [1.807, 2.05) is 19.1 Å². The first kappa shape index (κ1) is 58.7. The summed E-state index contributed by atoms with van der Waals surface area (Å²) in [5.74, 6) is -0.771. The fraction of sp³-hybridized carbons (Fsp3) is 0.400. The van der Waals surface area contributed by atoms with Crippen molar-refractivity contribution in [2.24, 2.45) is 11.8 Å². The number of halogens is 3. The summed E-state index contributed by atoms with van der Waals surface area (Å²) in [5, 5.41) is 30.2. The summed E-state index contributed by atoms with van der Waals surface area (Å²) in [6.07, 6.45) is 7.61. The number of hydrogen-bond acceptors (Lipinski definition) is 9. The number of aliphatic carboxylic acids is 1. The number of methoxy groups -OCH3 is 1. The van der Waals surface area contributed by atoms with Crippen LogP contribution in [-0.4, -0.2) is 113 Å². The molecule has 2 aliphatic heterocycles. The van der Waals surface area contributed by atoms with Crippen molar-refractivity contribution in [2.75, 3.05) is 48.1 Å². The summed E-state index contributed by atoms with van der Waals surface area (Å²) in [7, 11) is 1.53. The lowest BCUT2D eigenvalue weighted by atomic mass is 9.84. The minimum absolute atomic E-state index is 0.00828. The van der Waals surface area contributed by atoms with Gasteiger partial charge in [0.15, 0.2) is 0 Å². The van der Waals surface area contributed by atoms with E-state index in [1.54, 1.807) is 72.8 Å². The highest BCUT2D eigenvalue weighted by molar-refractivity contribution is 6.34. The number of ether oxygens (including phenoxy) is 3. The summed E-state index contributed by atoms with van der Waals surface area (Å²) in [6, 6.07) is 29.4. The molecule has 0 radical (unpaired) electrons. The number of para-hydroxylation sites is 2. The Balaban J connectivity index is 0.000000211. The molecule has 2 aliphatic carbocycles. The number of urea groups is 2. The van der Waals surface area contributed by atoms with Crippen LogP contribution in [0.5, 0.6) is 11.5 Å². The van der Waals surface area contributed by atoms with Crippen LogP contribution < -0.4 is 30.7 Å². The highest BCUT2D eigenvalue weighted by atomic mass is 35.5. The Morgan fingerprint density at radius 2 is 1.24 bits per heavy atom. The average molecular weight is 1140 g/mol. The smallest absolute Gasteiger partial charge is 0.335 e. The topological polar surface area (TPSA) is 225 Å². The third-order valence-electron chi connectivity index (χ3n) is 15.3. The van der Waals surface area contributed by atoms with Gasteiger partial charge in [0.25, 0.3) is 0 Å². The molecular formula is C60H67Cl2FN6O11. The number of hydrogen-bond donors (Lipinski definition) is 6. The first-order valence-corrected chi connectivity index (χ1v) is 27.7. The maximum absolute atomic E-state index is 14.2. The van der Waals surface area contributed by atoms with E-state index in [0.717, 1.165) is 55.2 Å². The summed E-state index contributed by atoms with van der Waals surface area (Å²) in [5.41, 5.74) is 4.48. The van der Waals surface area contributed by atoms with Crippen LogP contribution >= 0.6 is 23.2 Å². The number of fused-ring (bicyclic) bond motifs is 1. The molecule has 9 rings (SSSR count). The lowest BCUT2D eigenvalue weighted by Crippen LogP contribution is -2.46. The van der Waals surface area contributed by atoms with E-state index in [1.165, 1.54) is 42.7 Å². The van der Waals surface area contributed by atoms with Gasteiger partial charge in [-0.1, -0.05) is 78.5 Å². The second-order valence-corrected chi connectivity index (χ2v) is 21.6. The summed E-state index contributed by atoms with van der Waals surface area (Å²) in [6.45, 7) is 2.40. The van der Waals surface area contributed by atoms with Gasteiger partial charge in [-0.2, -0.15) is 0 Å². The monoisotopic (exact) mass is 1140 g/mol. The van der Waals surface area contributed by atoms with Crippen LogP contribution in [0.1, 0.15) is 91.3 Å². The molecule has 4 fully saturated rings. The van der Waals surface area contributed by atoms with Crippen LogP contribution in [0.15, 0.2) is 109 Å². The summed E-state index contributed by atoms with van der Waals surface area (Å²) in [4.78, 5) is 77.7. The number of nitrogens with zero attached hydrogens (tertiary/aromatic N) is 2. The molecule has 0 spiro atoms. The van der Waals surface area contributed by atoms with E-state index in [2.05, 4.69) is 26.2 Å². The molecule has 2 saturated carbocycles. The molecule has 6 N–H and O–H groups in total. The first-order valence-electron chi connectivity index (χ1n) is 27.0. The third kappa shape index (κ3) is 15.7. The Morgan fingerprint density at radius 1 is 0.650 bits per heavy atom. The number of nitrogens with one attached hydrogen (secondary N) is 4. The van der Waals surface area contributed by atoms with Crippen molar-refractivity contribution in [3.05, 3.63) is 141 Å². The van der Waals surface area contributed by atoms with Gasteiger partial charge in [0.2, 0.25) is 11.8 Å². The predicted molar refractivity (Wildman–Crippen MR) is 304 cm³/mol. The van der Waals surface area contributed by atoms with Gasteiger partial charge in [0.1, 0.15) is 24.3 Å². The standard InChI is InChI=1S/C32H40ClN3O6.C28H27ClFN3O5/c1-41-29-16-20(10-15-27(29)35-32(40)34-26-8-4-3-7-25(26)33)17-30(37)36-23(18-22-6-2-5-9-28(22)36)19-42-24-13-11-21(12-14-24)31(38)39;1-17-12-18(6-11-24(17)31-28(37)32-25-5-3-2-4-23(25)29)13-26(34)33-15-20(30)14-21(33)16-38-22-9-7-19(8-10-22)27(35)36/h3-4,7-8,10,15-16,21-24,28H,2,5-6,9,11-14,17-19H2,1H3,(H,38,39)(H2,34,35,40);2-12,20-21H,13-16H2,1H3,(H,35,36)(H2,31,32,37)/t21?,22?,23-,24?,28?;20-,21-/m00/s1.